The second-order valence-electron chi connectivity index (χ2n) is 6.66. The van der Waals surface area contributed by atoms with Crippen LogP contribution in [0, 0.1) is 5.92 Å². The van der Waals surface area contributed by atoms with Crippen molar-refractivity contribution in [2.24, 2.45) is 5.92 Å². The number of allylic oxidation sites excluding steroid dienone is 1. The molecule has 0 N–H and O–H groups in total. The van der Waals surface area contributed by atoms with Gasteiger partial charge in [0, 0.05) is 0 Å². The third-order valence-electron chi connectivity index (χ3n) is 4.86. The van der Waals surface area contributed by atoms with Crippen molar-refractivity contribution in [1.29, 1.82) is 0 Å². The number of epoxide rings is 1. The SMILES string of the molecule is CCCCCCCCC=C1CC[C@H](CC(=O)OCC)[C@@H]2O[C@H]12. The van der Waals surface area contributed by atoms with Crippen molar-refractivity contribution in [2.75, 3.05) is 6.61 Å². The minimum absolute atomic E-state index is 0.0683. The van der Waals surface area contributed by atoms with E-state index in [1.165, 1.54) is 50.5 Å². The molecule has 1 aliphatic carbocycles. The number of carbonyl (C=O) groups is 1. The second kappa shape index (κ2) is 9.34. The minimum atomic E-state index is -0.0683. The molecule has 1 saturated carbocycles. The van der Waals surface area contributed by atoms with Crippen molar-refractivity contribution in [3.05, 3.63) is 11.6 Å². The van der Waals surface area contributed by atoms with Gasteiger partial charge in [-0.15, -0.1) is 0 Å². The van der Waals surface area contributed by atoms with Crippen molar-refractivity contribution in [3.8, 4) is 0 Å². The van der Waals surface area contributed by atoms with E-state index in [4.69, 9.17) is 9.47 Å². The fourth-order valence-corrected chi connectivity index (χ4v) is 3.52. The van der Waals surface area contributed by atoms with Crippen LogP contribution in [0.3, 0.4) is 0 Å². The molecule has 0 aromatic heterocycles. The number of fused-ring (bicyclic) bond motifs is 1. The van der Waals surface area contributed by atoms with Gasteiger partial charge in [-0.25, -0.2) is 0 Å². The highest BCUT2D eigenvalue weighted by atomic mass is 16.6. The third kappa shape index (κ3) is 5.42. The van der Waals surface area contributed by atoms with E-state index in [1.807, 2.05) is 6.92 Å². The molecule has 2 fully saturated rings. The molecular formula is C19H32O3. The summed E-state index contributed by atoms with van der Waals surface area (Å²) in [6, 6.07) is 0. The Morgan fingerprint density at radius 1 is 1.23 bits per heavy atom. The molecule has 3 atom stereocenters. The van der Waals surface area contributed by atoms with Gasteiger partial charge in [0.2, 0.25) is 0 Å². The van der Waals surface area contributed by atoms with Gasteiger partial charge >= 0.3 is 5.97 Å². The zero-order valence-corrected chi connectivity index (χ0v) is 14.3. The molecule has 1 heterocycles. The molecule has 126 valence electrons. The lowest BCUT2D eigenvalue weighted by molar-refractivity contribution is -0.144. The summed E-state index contributed by atoms with van der Waals surface area (Å²) in [7, 11) is 0. The molecule has 0 aromatic rings. The summed E-state index contributed by atoms with van der Waals surface area (Å²) in [6.07, 6.45) is 15.0. The van der Waals surface area contributed by atoms with Crippen LogP contribution in [0.1, 0.15) is 78.1 Å². The van der Waals surface area contributed by atoms with Crippen LogP contribution in [-0.4, -0.2) is 24.8 Å². The fourth-order valence-electron chi connectivity index (χ4n) is 3.52. The number of hydrogen-bond acceptors (Lipinski definition) is 3. The van der Waals surface area contributed by atoms with E-state index in [2.05, 4.69) is 13.0 Å². The number of hydrogen-bond donors (Lipinski definition) is 0. The Balaban J connectivity index is 1.62. The van der Waals surface area contributed by atoms with E-state index >= 15 is 0 Å². The summed E-state index contributed by atoms with van der Waals surface area (Å²) in [5, 5.41) is 0. The number of unbranched alkanes of at least 4 members (excludes halogenated alkanes) is 6. The number of carbonyl (C=O) groups excluding carboxylic acids is 1. The quantitative estimate of drug-likeness (QED) is 0.252. The summed E-state index contributed by atoms with van der Waals surface area (Å²) in [5.41, 5.74) is 1.48. The maximum Gasteiger partial charge on any atom is 0.306 e. The molecular weight excluding hydrogens is 276 g/mol. The summed E-state index contributed by atoms with van der Waals surface area (Å²) >= 11 is 0. The van der Waals surface area contributed by atoms with Gasteiger partial charge in [-0.1, -0.05) is 45.1 Å². The molecule has 3 nitrogen and oxygen atoms in total. The van der Waals surface area contributed by atoms with Gasteiger partial charge in [0.1, 0.15) is 6.10 Å². The first-order chi connectivity index (χ1) is 10.8. The highest BCUT2D eigenvalue weighted by molar-refractivity contribution is 5.69. The van der Waals surface area contributed by atoms with Crippen LogP contribution in [0.25, 0.3) is 0 Å². The first kappa shape index (κ1) is 17.5. The molecule has 3 heteroatoms. The predicted octanol–water partition coefficient (Wildman–Crippen LogP) is 4.79. The van der Waals surface area contributed by atoms with Gasteiger partial charge in [-0.05, 0) is 44.1 Å². The van der Waals surface area contributed by atoms with E-state index in [0.717, 1.165) is 12.8 Å². The molecule has 0 radical (unpaired) electrons. The summed E-state index contributed by atoms with van der Waals surface area (Å²) in [4.78, 5) is 11.6. The summed E-state index contributed by atoms with van der Waals surface area (Å²) < 4.78 is 10.9. The Labute approximate surface area is 135 Å². The van der Waals surface area contributed by atoms with E-state index in [9.17, 15) is 4.79 Å². The van der Waals surface area contributed by atoms with Gasteiger partial charge in [0.05, 0.1) is 19.1 Å². The molecule has 2 rings (SSSR count). The first-order valence-corrected chi connectivity index (χ1v) is 9.26. The van der Waals surface area contributed by atoms with Gasteiger partial charge in [-0.3, -0.25) is 4.79 Å². The largest absolute Gasteiger partial charge is 0.466 e. The zero-order chi connectivity index (χ0) is 15.8. The van der Waals surface area contributed by atoms with Crippen molar-refractivity contribution in [1.82, 2.24) is 0 Å². The highest BCUT2D eigenvalue weighted by Crippen LogP contribution is 2.45. The molecule has 0 amide bonds. The molecule has 1 saturated heterocycles. The van der Waals surface area contributed by atoms with E-state index in [1.54, 1.807) is 0 Å². The maximum atomic E-state index is 11.6. The monoisotopic (exact) mass is 308 g/mol. The molecule has 0 unspecified atom stereocenters. The lowest BCUT2D eigenvalue weighted by Crippen LogP contribution is -2.22. The van der Waals surface area contributed by atoms with E-state index in [0.29, 0.717) is 25.0 Å². The minimum Gasteiger partial charge on any atom is -0.466 e. The topological polar surface area (TPSA) is 38.8 Å². The molecule has 0 spiro atoms. The van der Waals surface area contributed by atoms with Gasteiger partial charge in [0.15, 0.2) is 0 Å². The maximum absolute atomic E-state index is 11.6. The first-order valence-electron chi connectivity index (χ1n) is 9.26. The van der Waals surface area contributed by atoms with Crippen LogP contribution in [0.15, 0.2) is 11.6 Å². The van der Waals surface area contributed by atoms with E-state index < -0.39 is 0 Å². The smallest absolute Gasteiger partial charge is 0.306 e. The van der Waals surface area contributed by atoms with Gasteiger partial charge < -0.3 is 9.47 Å². The van der Waals surface area contributed by atoms with Gasteiger partial charge in [0.25, 0.3) is 0 Å². The lowest BCUT2D eigenvalue weighted by Gasteiger charge is -2.19. The predicted molar refractivity (Wildman–Crippen MR) is 88.7 cm³/mol. The fraction of sp³-hybridized carbons (Fsp3) is 0.842. The van der Waals surface area contributed by atoms with Crippen molar-refractivity contribution < 1.29 is 14.3 Å². The van der Waals surface area contributed by atoms with Crippen LogP contribution in [0.5, 0.6) is 0 Å². The zero-order valence-electron chi connectivity index (χ0n) is 14.3. The molecule has 0 bridgehead atoms. The van der Waals surface area contributed by atoms with Crippen molar-refractivity contribution >= 4 is 5.97 Å². The second-order valence-corrected chi connectivity index (χ2v) is 6.66. The average Bonchev–Trinajstić information content (AvgIpc) is 3.29. The van der Waals surface area contributed by atoms with Crippen LogP contribution >= 0.6 is 0 Å². The molecule has 2 aliphatic rings. The highest BCUT2D eigenvalue weighted by Gasteiger charge is 2.50. The molecule has 1 aliphatic heterocycles. The van der Waals surface area contributed by atoms with Crippen molar-refractivity contribution in [3.63, 3.8) is 0 Å². The normalized spacial score (nSPS) is 28.5. The van der Waals surface area contributed by atoms with Crippen LogP contribution in [0.4, 0.5) is 0 Å². The van der Waals surface area contributed by atoms with Gasteiger partial charge in [-0.2, -0.15) is 0 Å². The summed E-state index contributed by atoms with van der Waals surface area (Å²) in [6.45, 7) is 4.59. The third-order valence-corrected chi connectivity index (χ3v) is 4.86. The number of rotatable bonds is 10. The number of esters is 1. The van der Waals surface area contributed by atoms with E-state index in [-0.39, 0.29) is 12.1 Å². The molecule has 0 aromatic carbocycles. The standard InChI is InChI=1S/C19H32O3/c1-3-5-6-7-8-9-10-11-15-12-13-16(19-18(15)22-19)14-17(20)21-4-2/h11,16,18-19H,3-10,12-14H2,1-2H3/t16-,18-,19+/m1/s1. The Bertz CT molecular complexity index is 375. The Hall–Kier alpha value is -0.830. The van der Waals surface area contributed by atoms with Crippen LogP contribution in [-0.2, 0) is 14.3 Å². The Kier molecular flexibility index (Phi) is 7.44. The lowest BCUT2D eigenvalue weighted by atomic mass is 9.83. The van der Waals surface area contributed by atoms with Crippen LogP contribution in [0.2, 0.25) is 0 Å². The van der Waals surface area contributed by atoms with Crippen molar-refractivity contribution in [2.45, 2.75) is 90.3 Å². The van der Waals surface area contributed by atoms with Crippen LogP contribution < -0.4 is 0 Å². The molecule has 22 heavy (non-hydrogen) atoms. The summed E-state index contributed by atoms with van der Waals surface area (Å²) in [5.74, 6) is 0.302. The Morgan fingerprint density at radius 3 is 2.77 bits per heavy atom. The number of ether oxygens (including phenoxy) is 2. The average molecular weight is 308 g/mol. The Morgan fingerprint density at radius 2 is 2.00 bits per heavy atom.